The van der Waals surface area contributed by atoms with Gasteiger partial charge in [0.05, 0.1) is 12.7 Å². The van der Waals surface area contributed by atoms with Gasteiger partial charge in [0, 0.05) is 24.4 Å². The molecule has 5 fully saturated rings. The fraction of sp³-hybridized carbons (Fsp3) is 0.906. The van der Waals surface area contributed by atoms with Crippen molar-refractivity contribution in [1.29, 1.82) is 0 Å². The van der Waals surface area contributed by atoms with Crippen molar-refractivity contribution in [3.63, 3.8) is 0 Å². The number of aliphatic hydroxyl groups is 3. The molecule has 5 aliphatic rings. The molecule has 39 heavy (non-hydrogen) atoms. The van der Waals surface area contributed by atoms with E-state index in [0.29, 0.717) is 41.5 Å². The lowest BCUT2D eigenvalue weighted by Gasteiger charge is -2.62. The monoisotopic (exact) mass is 546 g/mol. The molecule has 0 radical (unpaired) electrons. The van der Waals surface area contributed by atoms with Crippen molar-refractivity contribution in [1.82, 2.24) is 10.4 Å². The number of unbranched alkanes of at least 4 members (excludes halogenated alkanes) is 2. The highest BCUT2D eigenvalue weighted by Crippen LogP contribution is 2.61. The first-order valence-corrected chi connectivity index (χ1v) is 15.8. The summed E-state index contributed by atoms with van der Waals surface area (Å²) in [6.07, 6.45) is 8.33. The molecule has 0 spiro atoms. The summed E-state index contributed by atoms with van der Waals surface area (Å²) in [6.45, 7) is 11.2. The van der Waals surface area contributed by atoms with Crippen molar-refractivity contribution in [2.75, 3.05) is 13.2 Å². The van der Waals surface area contributed by atoms with Gasteiger partial charge in [-0.25, -0.2) is 0 Å². The molecule has 0 aromatic rings. The normalized spacial score (nSPS) is 39.2. The zero-order valence-corrected chi connectivity index (χ0v) is 24.9. The first-order valence-electron chi connectivity index (χ1n) is 15.8. The number of hydroxylamine groups is 2. The molecule has 7 heteroatoms. The van der Waals surface area contributed by atoms with Crippen LogP contribution in [0.5, 0.6) is 0 Å². The lowest BCUT2D eigenvalue weighted by molar-refractivity contribution is -0.193. The number of carbonyl (C=O) groups is 1. The van der Waals surface area contributed by atoms with Crippen molar-refractivity contribution in [3.8, 4) is 11.8 Å². The van der Waals surface area contributed by atoms with Crippen LogP contribution in [0.25, 0.3) is 0 Å². The van der Waals surface area contributed by atoms with Crippen LogP contribution in [0.1, 0.15) is 98.8 Å². The molecule has 4 saturated carbocycles. The molecule has 2 bridgehead atoms. The maximum atomic E-state index is 13.8. The lowest BCUT2D eigenvalue weighted by atomic mass is 9.45. The van der Waals surface area contributed by atoms with Crippen molar-refractivity contribution < 1.29 is 25.0 Å². The predicted octanol–water partition coefficient (Wildman–Crippen LogP) is 3.90. The molecule has 1 aliphatic heterocycles. The Morgan fingerprint density at radius 1 is 1.15 bits per heavy atom. The summed E-state index contributed by atoms with van der Waals surface area (Å²) in [5, 5.41) is 36.0. The SMILES string of the molecule is CCCCC[C@H](O)C#CC1CCC(CN2O[C@@H]([C@H](C)O)[C@@H](CO)[C@H]2C(=O)N[C@@H]2C[C@@H]3C[C@H]([C@H]2C)C3(C)C)CC1. The van der Waals surface area contributed by atoms with E-state index >= 15 is 0 Å². The number of nitrogens with zero attached hydrogens (tertiary/aromatic N) is 1. The quantitative estimate of drug-likeness (QED) is 0.245. The summed E-state index contributed by atoms with van der Waals surface area (Å²) in [6, 6.07) is -0.462. The standard InChI is InChI=1S/C32H54N2O5/c1-6-7-8-9-25(37)15-14-22-10-12-23(13-11-22)18-34-29(26(19-35)30(39-34)21(3)36)31(38)33-28-17-24-16-27(20(28)2)32(24,4)5/h20-30,35-37H,6-13,16-19H2,1-5H3,(H,33,38)/t20-,21+,22?,23?,24+,25+,26+,27-,28-,29+,30+/m1/s1. The number of fused-ring (bicyclic) bond motifs is 2. The molecule has 4 N–H and O–H groups in total. The fourth-order valence-corrected chi connectivity index (χ4v) is 8.05. The summed E-state index contributed by atoms with van der Waals surface area (Å²) in [5.74, 6) is 8.21. The molecule has 1 amide bonds. The topological polar surface area (TPSA) is 102 Å². The van der Waals surface area contributed by atoms with Gasteiger partial charge in [0.1, 0.15) is 18.2 Å². The second-order valence-corrected chi connectivity index (χ2v) is 13.8. The maximum Gasteiger partial charge on any atom is 0.240 e. The fourth-order valence-electron chi connectivity index (χ4n) is 8.05. The van der Waals surface area contributed by atoms with E-state index in [9.17, 15) is 20.1 Å². The molecule has 9 atom stereocenters. The Hall–Kier alpha value is -1.17. The van der Waals surface area contributed by atoms with E-state index in [0.717, 1.165) is 57.8 Å². The van der Waals surface area contributed by atoms with Crippen LogP contribution in [0.2, 0.25) is 0 Å². The summed E-state index contributed by atoms with van der Waals surface area (Å²) in [4.78, 5) is 20.0. The summed E-state index contributed by atoms with van der Waals surface area (Å²) in [7, 11) is 0. The summed E-state index contributed by atoms with van der Waals surface area (Å²) < 4.78 is 0. The Kier molecular flexibility index (Phi) is 10.4. The van der Waals surface area contributed by atoms with Crippen LogP contribution < -0.4 is 5.32 Å². The Bertz CT molecular complexity index is 874. The molecular formula is C32H54N2O5. The third-order valence-corrected chi connectivity index (χ3v) is 10.9. The molecule has 5 rings (SSSR count). The van der Waals surface area contributed by atoms with Crippen LogP contribution in [0.4, 0.5) is 0 Å². The highest BCUT2D eigenvalue weighted by atomic mass is 16.7. The third kappa shape index (κ3) is 6.84. The van der Waals surface area contributed by atoms with Crippen molar-refractivity contribution in [2.45, 2.75) is 129 Å². The Labute approximate surface area is 236 Å². The number of rotatable bonds is 10. The van der Waals surface area contributed by atoms with Crippen LogP contribution >= 0.6 is 0 Å². The third-order valence-electron chi connectivity index (χ3n) is 10.9. The largest absolute Gasteiger partial charge is 0.396 e. The smallest absolute Gasteiger partial charge is 0.240 e. The van der Waals surface area contributed by atoms with E-state index in [1.165, 1.54) is 6.42 Å². The van der Waals surface area contributed by atoms with Crippen molar-refractivity contribution in [3.05, 3.63) is 0 Å². The number of nitrogens with one attached hydrogen (secondary N) is 1. The molecule has 7 nitrogen and oxygen atoms in total. The molecule has 0 aromatic heterocycles. The second-order valence-electron chi connectivity index (χ2n) is 13.8. The Balaban J connectivity index is 1.35. The number of amides is 1. The van der Waals surface area contributed by atoms with E-state index < -0.39 is 30.3 Å². The van der Waals surface area contributed by atoms with Gasteiger partial charge in [-0.3, -0.25) is 9.63 Å². The maximum absolute atomic E-state index is 13.8. The first-order chi connectivity index (χ1) is 18.6. The van der Waals surface area contributed by atoms with Crippen LogP contribution in [0, 0.1) is 52.8 Å². The molecule has 0 aromatic carbocycles. The van der Waals surface area contributed by atoms with Gasteiger partial charge in [0.2, 0.25) is 5.91 Å². The summed E-state index contributed by atoms with van der Waals surface area (Å²) >= 11 is 0. The van der Waals surface area contributed by atoms with Gasteiger partial charge in [-0.2, -0.15) is 5.06 Å². The van der Waals surface area contributed by atoms with E-state index in [4.69, 9.17) is 4.84 Å². The van der Waals surface area contributed by atoms with Crippen molar-refractivity contribution in [2.24, 2.45) is 40.9 Å². The van der Waals surface area contributed by atoms with Gasteiger partial charge >= 0.3 is 0 Å². The van der Waals surface area contributed by atoms with E-state index in [-0.39, 0.29) is 18.6 Å². The number of aliphatic hydroxyl groups excluding tert-OH is 3. The van der Waals surface area contributed by atoms with Crippen LogP contribution in [0.3, 0.4) is 0 Å². The van der Waals surface area contributed by atoms with Gasteiger partial charge in [0.15, 0.2) is 0 Å². The van der Waals surface area contributed by atoms with Crippen LogP contribution in [0.15, 0.2) is 0 Å². The van der Waals surface area contributed by atoms with Gasteiger partial charge in [0.25, 0.3) is 0 Å². The second kappa shape index (κ2) is 13.2. The molecule has 0 unspecified atom stereocenters. The van der Waals surface area contributed by atoms with Gasteiger partial charge < -0.3 is 20.6 Å². The van der Waals surface area contributed by atoms with Gasteiger partial charge in [-0.15, -0.1) is 0 Å². The number of carbonyl (C=O) groups excluding carboxylic acids is 1. The highest BCUT2D eigenvalue weighted by Gasteiger charge is 2.57. The van der Waals surface area contributed by atoms with E-state index in [2.05, 4.69) is 44.9 Å². The summed E-state index contributed by atoms with van der Waals surface area (Å²) in [5.41, 5.74) is 0.352. The number of hydrogen-bond donors (Lipinski definition) is 4. The molecule has 4 aliphatic carbocycles. The zero-order chi connectivity index (χ0) is 28.3. The minimum absolute atomic E-state index is 0.0789. The van der Waals surface area contributed by atoms with Crippen LogP contribution in [-0.2, 0) is 9.63 Å². The average Bonchev–Trinajstić information content (AvgIpc) is 3.27. The Morgan fingerprint density at radius 3 is 2.46 bits per heavy atom. The van der Waals surface area contributed by atoms with Gasteiger partial charge in [-0.05, 0) is 87.4 Å². The minimum atomic E-state index is -0.778. The average molecular weight is 547 g/mol. The van der Waals surface area contributed by atoms with E-state index in [1.54, 1.807) is 12.0 Å². The molecule has 1 heterocycles. The Morgan fingerprint density at radius 2 is 1.87 bits per heavy atom. The van der Waals surface area contributed by atoms with E-state index in [1.807, 2.05) is 0 Å². The van der Waals surface area contributed by atoms with Crippen LogP contribution in [-0.4, -0.2) is 69.8 Å². The number of hydrogen-bond acceptors (Lipinski definition) is 6. The molecule has 1 saturated heterocycles. The predicted molar refractivity (Wildman–Crippen MR) is 152 cm³/mol. The van der Waals surface area contributed by atoms with Gasteiger partial charge in [-0.1, -0.05) is 52.4 Å². The lowest BCUT2D eigenvalue weighted by Crippen LogP contribution is -2.62. The zero-order valence-electron chi connectivity index (χ0n) is 24.9. The molecular weight excluding hydrogens is 492 g/mol. The van der Waals surface area contributed by atoms with Crippen molar-refractivity contribution >= 4 is 5.91 Å². The first kappa shape index (κ1) is 30.8. The minimum Gasteiger partial charge on any atom is -0.396 e. The highest BCUT2D eigenvalue weighted by molar-refractivity contribution is 5.82. The molecule has 222 valence electrons.